The van der Waals surface area contributed by atoms with Crippen LogP contribution in [0.5, 0.6) is 0 Å². The van der Waals surface area contributed by atoms with E-state index in [-0.39, 0.29) is 16.8 Å². The molecule has 0 unspecified atom stereocenters. The van der Waals surface area contributed by atoms with Gasteiger partial charge in [-0.2, -0.15) is 0 Å². The van der Waals surface area contributed by atoms with Gasteiger partial charge in [0.15, 0.2) is 0 Å². The third-order valence-electron chi connectivity index (χ3n) is 5.09. The highest BCUT2D eigenvalue weighted by Gasteiger charge is 2.27. The lowest BCUT2D eigenvalue weighted by Gasteiger charge is -2.34. The quantitative estimate of drug-likeness (QED) is 0.501. The number of nitro groups is 1. The van der Waals surface area contributed by atoms with Gasteiger partial charge in [0.2, 0.25) is 0 Å². The highest BCUT2D eigenvalue weighted by Crippen LogP contribution is 2.43. The van der Waals surface area contributed by atoms with Crippen molar-refractivity contribution < 1.29 is 14.5 Å². The van der Waals surface area contributed by atoms with E-state index in [0.29, 0.717) is 41.2 Å². The highest BCUT2D eigenvalue weighted by molar-refractivity contribution is 8.16. The lowest BCUT2D eigenvalue weighted by atomic mass is 10.1. The number of benzene rings is 1. The monoisotopic (exact) mass is 463 g/mol. The maximum absolute atomic E-state index is 12.9. The zero-order valence-corrected chi connectivity index (χ0v) is 18.6. The molecule has 2 fully saturated rings. The molecular formula is C20H21N3O4S3. The Morgan fingerprint density at radius 1 is 0.900 bits per heavy atom. The largest absolute Gasteiger partial charge is 0.335 e. The predicted molar refractivity (Wildman–Crippen MR) is 121 cm³/mol. The van der Waals surface area contributed by atoms with Crippen LogP contribution in [0.4, 0.5) is 5.00 Å². The third-order valence-corrected chi connectivity index (χ3v) is 9.13. The number of thioether (sulfide) groups is 2. The minimum Gasteiger partial charge on any atom is -0.335 e. The molecule has 0 aliphatic carbocycles. The first-order valence-corrected chi connectivity index (χ1v) is 12.6. The van der Waals surface area contributed by atoms with Crippen LogP contribution in [0.15, 0.2) is 36.4 Å². The summed E-state index contributed by atoms with van der Waals surface area (Å²) < 4.78 is 0.450. The second-order valence-corrected chi connectivity index (χ2v) is 10.8. The van der Waals surface area contributed by atoms with Gasteiger partial charge in [-0.15, -0.1) is 23.5 Å². The Labute approximate surface area is 187 Å². The maximum Gasteiger partial charge on any atom is 0.324 e. The van der Waals surface area contributed by atoms with E-state index in [2.05, 4.69) is 0 Å². The average Bonchev–Trinajstić information content (AvgIpc) is 3.30. The standard InChI is InChI=1S/C20H21N3O4S3/c24-18(14-2-4-15(5-3-14)20-28-12-1-13-29-20)21-8-10-22(11-9-21)19(25)16-6-7-17(30-16)23(26)27/h2-7,20H,1,8-13H2. The molecule has 0 spiro atoms. The van der Waals surface area contributed by atoms with Crippen LogP contribution in [0.25, 0.3) is 0 Å². The van der Waals surface area contributed by atoms with Crippen LogP contribution in [-0.4, -0.2) is 64.2 Å². The van der Waals surface area contributed by atoms with E-state index < -0.39 is 4.92 Å². The lowest BCUT2D eigenvalue weighted by Crippen LogP contribution is -2.50. The van der Waals surface area contributed by atoms with Gasteiger partial charge in [-0.05, 0) is 41.7 Å². The SMILES string of the molecule is O=C(c1ccc(C2SCCCS2)cc1)N1CCN(C(=O)c2ccc([N+](=O)[O-])s2)CC1. The van der Waals surface area contributed by atoms with Crippen LogP contribution in [0.1, 0.15) is 36.6 Å². The summed E-state index contributed by atoms with van der Waals surface area (Å²) in [4.78, 5) is 39.5. The molecule has 0 N–H and O–H groups in total. The van der Waals surface area contributed by atoms with E-state index in [9.17, 15) is 19.7 Å². The number of hydrogen-bond acceptors (Lipinski definition) is 7. The summed E-state index contributed by atoms with van der Waals surface area (Å²) in [7, 11) is 0. The van der Waals surface area contributed by atoms with Crippen LogP contribution < -0.4 is 0 Å². The molecule has 0 atom stereocenters. The molecule has 3 heterocycles. The van der Waals surface area contributed by atoms with Crippen LogP contribution in [0.2, 0.25) is 0 Å². The molecule has 2 aliphatic rings. The molecule has 10 heteroatoms. The Morgan fingerprint density at radius 2 is 1.50 bits per heavy atom. The van der Waals surface area contributed by atoms with Gasteiger partial charge < -0.3 is 9.80 Å². The minimum absolute atomic E-state index is 0.0237. The van der Waals surface area contributed by atoms with Gasteiger partial charge in [0.05, 0.1) is 14.4 Å². The van der Waals surface area contributed by atoms with E-state index in [0.717, 1.165) is 11.3 Å². The first-order valence-electron chi connectivity index (χ1n) is 9.69. The van der Waals surface area contributed by atoms with E-state index >= 15 is 0 Å². The van der Waals surface area contributed by atoms with Gasteiger partial charge in [0.25, 0.3) is 11.8 Å². The number of nitrogens with zero attached hydrogens (tertiary/aromatic N) is 3. The highest BCUT2D eigenvalue weighted by atomic mass is 32.2. The number of piperazine rings is 1. The fourth-order valence-corrected chi connectivity index (χ4v) is 7.14. The maximum atomic E-state index is 12.9. The molecule has 2 aliphatic heterocycles. The summed E-state index contributed by atoms with van der Waals surface area (Å²) in [5.41, 5.74) is 1.92. The number of amides is 2. The predicted octanol–water partition coefficient (Wildman–Crippen LogP) is 4.12. The molecule has 1 aromatic heterocycles. The second-order valence-electron chi connectivity index (χ2n) is 7.03. The van der Waals surface area contributed by atoms with E-state index in [1.54, 1.807) is 9.80 Å². The smallest absolute Gasteiger partial charge is 0.324 e. The summed E-state index contributed by atoms with van der Waals surface area (Å²) in [5, 5.41) is 10.8. The molecule has 1 aromatic carbocycles. The average molecular weight is 464 g/mol. The van der Waals surface area contributed by atoms with Crippen molar-refractivity contribution in [3.8, 4) is 0 Å². The molecule has 0 saturated carbocycles. The fraction of sp³-hybridized carbons (Fsp3) is 0.400. The zero-order valence-electron chi connectivity index (χ0n) is 16.2. The summed E-state index contributed by atoms with van der Waals surface area (Å²) in [6.07, 6.45) is 1.25. The van der Waals surface area contributed by atoms with Crippen molar-refractivity contribution in [3.05, 3.63) is 62.5 Å². The molecule has 2 saturated heterocycles. The Hall–Kier alpha value is -2.04. The molecule has 2 aromatic rings. The van der Waals surface area contributed by atoms with Gasteiger partial charge in [-0.1, -0.05) is 23.5 Å². The van der Waals surface area contributed by atoms with Crippen molar-refractivity contribution in [2.24, 2.45) is 0 Å². The molecule has 0 bridgehead atoms. The Balaban J connectivity index is 1.33. The van der Waals surface area contributed by atoms with Crippen LogP contribution in [0, 0.1) is 10.1 Å². The molecule has 30 heavy (non-hydrogen) atoms. The number of carbonyl (C=O) groups is 2. The van der Waals surface area contributed by atoms with E-state index in [1.165, 1.54) is 35.6 Å². The molecule has 7 nitrogen and oxygen atoms in total. The minimum atomic E-state index is -0.491. The molecule has 2 amide bonds. The number of rotatable bonds is 4. The first kappa shape index (κ1) is 21.2. The van der Waals surface area contributed by atoms with Gasteiger partial charge >= 0.3 is 5.00 Å². The molecule has 4 rings (SSSR count). The molecule has 158 valence electrons. The normalized spacial score (nSPS) is 17.7. The van der Waals surface area contributed by atoms with Crippen LogP contribution in [-0.2, 0) is 0 Å². The lowest BCUT2D eigenvalue weighted by molar-refractivity contribution is -0.380. The van der Waals surface area contributed by atoms with Crippen LogP contribution >= 0.6 is 34.9 Å². The number of carbonyl (C=O) groups excluding carboxylic acids is 2. The summed E-state index contributed by atoms with van der Waals surface area (Å²) in [6, 6.07) is 10.7. The van der Waals surface area contributed by atoms with Crippen molar-refractivity contribution >= 4 is 51.7 Å². The number of thiophene rings is 1. The number of hydrogen-bond donors (Lipinski definition) is 0. The van der Waals surface area contributed by atoms with E-state index in [4.69, 9.17) is 0 Å². The van der Waals surface area contributed by atoms with Crippen LogP contribution in [0.3, 0.4) is 0 Å². The summed E-state index contributed by atoms with van der Waals surface area (Å²) >= 11 is 4.80. The van der Waals surface area contributed by atoms with Crippen molar-refractivity contribution in [1.29, 1.82) is 0 Å². The topological polar surface area (TPSA) is 83.8 Å². The van der Waals surface area contributed by atoms with Crippen molar-refractivity contribution in [3.63, 3.8) is 0 Å². The van der Waals surface area contributed by atoms with Crippen molar-refractivity contribution in [2.45, 2.75) is 11.0 Å². The fourth-order valence-electron chi connectivity index (χ4n) is 3.45. The Kier molecular flexibility index (Phi) is 6.64. The van der Waals surface area contributed by atoms with Crippen molar-refractivity contribution in [2.75, 3.05) is 37.7 Å². The molecule has 0 radical (unpaired) electrons. The second kappa shape index (κ2) is 9.40. The Bertz CT molecular complexity index is 933. The van der Waals surface area contributed by atoms with Gasteiger partial charge in [-0.25, -0.2) is 0 Å². The van der Waals surface area contributed by atoms with Gasteiger partial charge in [0, 0.05) is 37.8 Å². The summed E-state index contributed by atoms with van der Waals surface area (Å²) in [6.45, 7) is 1.75. The van der Waals surface area contributed by atoms with Crippen molar-refractivity contribution in [1.82, 2.24) is 9.80 Å². The summed E-state index contributed by atoms with van der Waals surface area (Å²) in [5.74, 6) is 2.12. The first-order chi connectivity index (χ1) is 14.5. The zero-order chi connectivity index (χ0) is 21.1. The van der Waals surface area contributed by atoms with Gasteiger partial charge in [0.1, 0.15) is 0 Å². The Morgan fingerprint density at radius 3 is 2.07 bits per heavy atom. The molecular weight excluding hydrogens is 442 g/mol. The van der Waals surface area contributed by atoms with Gasteiger partial charge in [-0.3, -0.25) is 19.7 Å². The third kappa shape index (κ3) is 4.65. The van der Waals surface area contributed by atoms with E-state index in [1.807, 2.05) is 47.8 Å².